The number of aromatic hydroxyl groups is 1. The molecule has 0 aliphatic heterocycles. The molecular weight excluding hydrogens is 351 g/mol. The summed E-state index contributed by atoms with van der Waals surface area (Å²) in [4.78, 5) is 15.3. The molecule has 0 fully saturated rings. The molecule has 6 nitrogen and oxygen atoms in total. The van der Waals surface area contributed by atoms with Gasteiger partial charge in [-0.15, -0.1) is 0 Å². The summed E-state index contributed by atoms with van der Waals surface area (Å²) in [5, 5.41) is 23.7. The highest BCUT2D eigenvalue weighted by Crippen LogP contribution is 2.27. The topological polar surface area (TPSA) is 95.6 Å². The van der Waals surface area contributed by atoms with E-state index in [0.29, 0.717) is 17.5 Å². The average molecular weight is 372 g/mol. The molecule has 142 valence electrons. The Morgan fingerprint density at radius 1 is 1.26 bits per heavy atom. The Hall–Kier alpha value is -2.77. The quantitative estimate of drug-likeness (QED) is 0.616. The molecule has 1 unspecified atom stereocenters. The van der Waals surface area contributed by atoms with Crippen LogP contribution in [0.15, 0.2) is 51.8 Å². The van der Waals surface area contributed by atoms with Gasteiger partial charge in [-0.3, -0.25) is 0 Å². The highest BCUT2D eigenvalue weighted by molar-refractivity contribution is 5.78. The highest BCUT2D eigenvalue weighted by Gasteiger charge is 2.22. The van der Waals surface area contributed by atoms with Crippen molar-refractivity contribution in [3.8, 4) is 5.75 Å². The van der Waals surface area contributed by atoms with Gasteiger partial charge in [0.05, 0.1) is 6.10 Å². The van der Waals surface area contributed by atoms with Crippen LogP contribution in [-0.4, -0.2) is 27.3 Å². The number of hydrogen-bond acceptors (Lipinski definition) is 6. The number of fused-ring (bicyclic) bond motifs is 1. The molecule has 0 saturated carbocycles. The highest BCUT2D eigenvalue weighted by atomic mass is 19.1. The predicted octanol–water partition coefficient (Wildman–Crippen LogP) is 2.68. The minimum absolute atomic E-state index is 0.113. The number of aliphatic hydroxyl groups excluding tert-OH is 1. The molecule has 2 aromatic carbocycles. The van der Waals surface area contributed by atoms with Crippen LogP contribution in [0.2, 0.25) is 0 Å². The van der Waals surface area contributed by atoms with Gasteiger partial charge in [-0.2, -0.15) is 0 Å². The molecule has 0 radical (unpaired) electrons. The van der Waals surface area contributed by atoms with Gasteiger partial charge in [0.1, 0.15) is 23.3 Å². The zero-order valence-electron chi connectivity index (χ0n) is 15.1. The van der Waals surface area contributed by atoms with E-state index in [4.69, 9.17) is 4.42 Å². The Kier molecular flexibility index (Phi) is 5.25. The molecular formula is C20H21FN2O4. The maximum Gasteiger partial charge on any atom is 0.354 e. The monoisotopic (exact) mass is 372 g/mol. The van der Waals surface area contributed by atoms with Crippen LogP contribution < -0.4 is 10.9 Å². The molecule has 1 atom stereocenters. The lowest BCUT2D eigenvalue weighted by molar-refractivity contribution is 0.161. The fraction of sp³-hybridized carbons (Fsp3) is 0.300. The molecule has 7 heteroatoms. The van der Waals surface area contributed by atoms with Crippen LogP contribution in [0.25, 0.3) is 11.1 Å². The average Bonchev–Trinajstić information content (AvgIpc) is 2.60. The first-order chi connectivity index (χ1) is 12.7. The van der Waals surface area contributed by atoms with Crippen LogP contribution in [0.4, 0.5) is 4.39 Å². The number of rotatable bonds is 6. The van der Waals surface area contributed by atoms with Gasteiger partial charge in [0.25, 0.3) is 0 Å². The van der Waals surface area contributed by atoms with Gasteiger partial charge < -0.3 is 19.9 Å². The molecule has 27 heavy (non-hydrogen) atoms. The van der Waals surface area contributed by atoms with Gasteiger partial charge in [-0.05, 0) is 44.0 Å². The van der Waals surface area contributed by atoms with Gasteiger partial charge in [0.2, 0.25) is 0 Å². The largest absolute Gasteiger partial charge is 0.508 e. The Morgan fingerprint density at radius 3 is 2.67 bits per heavy atom. The van der Waals surface area contributed by atoms with Crippen molar-refractivity contribution in [2.75, 3.05) is 6.54 Å². The first kappa shape index (κ1) is 19.0. The summed E-state index contributed by atoms with van der Waals surface area (Å²) in [6, 6.07) is 8.96. The summed E-state index contributed by atoms with van der Waals surface area (Å²) in [5.74, 6) is -0.409. The first-order valence-electron chi connectivity index (χ1n) is 8.54. The van der Waals surface area contributed by atoms with E-state index in [0.717, 1.165) is 11.8 Å². The lowest BCUT2D eigenvalue weighted by Gasteiger charge is -2.28. The van der Waals surface area contributed by atoms with Gasteiger partial charge >= 0.3 is 5.63 Å². The van der Waals surface area contributed by atoms with Crippen molar-refractivity contribution in [1.82, 2.24) is 10.3 Å². The zero-order valence-corrected chi connectivity index (χ0v) is 15.1. The van der Waals surface area contributed by atoms with E-state index >= 15 is 0 Å². The van der Waals surface area contributed by atoms with Crippen LogP contribution in [0, 0.1) is 5.82 Å². The van der Waals surface area contributed by atoms with Crippen molar-refractivity contribution in [2.45, 2.75) is 31.9 Å². The fourth-order valence-corrected chi connectivity index (χ4v) is 2.99. The van der Waals surface area contributed by atoms with Crippen molar-refractivity contribution in [2.24, 2.45) is 0 Å². The number of β-amino-alcohol motifs (C(OH)–C–C–N with tert-alkyl or cyclic N) is 1. The molecule has 1 heterocycles. The summed E-state index contributed by atoms with van der Waals surface area (Å²) in [6.07, 6.45) is 0.683. The van der Waals surface area contributed by atoms with Crippen LogP contribution in [-0.2, 0) is 6.42 Å². The normalized spacial score (nSPS) is 13.0. The molecule has 0 aliphatic rings. The SMILES string of the molecule is CC(C)(Cc1ccc(F)cc1)NCC(O)c1cc(O)cc2oc(=O)cnc12. The molecule has 1 aromatic heterocycles. The van der Waals surface area contributed by atoms with Crippen molar-refractivity contribution >= 4 is 11.1 Å². The lowest BCUT2D eigenvalue weighted by Crippen LogP contribution is -2.43. The van der Waals surface area contributed by atoms with Crippen molar-refractivity contribution < 1.29 is 19.0 Å². The van der Waals surface area contributed by atoms with Crippen molar-refractivity contribution in [1.29, 1.82) is 0 Å². The van der Waals surface area contributed by atoms with Gasteiger partial charge in [-0.1, -0.05) is 12.1 Å². The number of hydrogen-bond donors (Lipinski definition) is 3. The summed E-state index contributed by atoms with van der Waals surface area (Å²) in [5.41, 5.74) is 0.756. The molecule has 0 spiro atoms. The number of halogens is 1. The van der Waals surface area contributed by atoms with Crippen LogP contribution in [0.5, 0.6) is 5.75 Å². The van der Waals surface area contributed by atoms with Gasteiger partial charge in [0.15, 0.2) is 5.58 Å². The third-order valence-corrected chi connectivity index (χ3v) is 4.29. The summed E-state index contributed by atoms with van der Waals surface area (Å²) in [7, 11) is 0. The number of phenolic OH excluding ortho intramolecular Hbond substituents is 1. The Morgan fingerprint density at radius 2 is 1.96 bits per heavy atom. The van der Waals surface area contributed by atoms with Crippen LogP contribution in [0.3, 0.4) is 0 Å². The number of benzene rings is 2. The molecule has 3 aromatic rings. The number of aliphatic hydroxyl groups is 1. The van der Waals surface area contributed by atoms with Crippen LogP contribution in [0.1, 0.15) is 31.1 Å². The standard InChI is InChI=1S/C20H21FN2O4/c1-20(2,9-12-3-5-13(21)6-4-12)23-10-16(25)15-7-14(24)8-17-19(15)22-11-18(26)27-17/h3-8,11,16,23-25H,9-10H2,1-2H3. The smallest absolute Gasteiger partial charge is 0.354 e. The molecule has 3 rings (SSSR count). The van der Waals surface area contributed by atoms with E-state index in [1.54, 1.807) is 12.1 Å². The molecule has 3 N–H and O–H groups in total. The van der Waals surface area contributed by atoms with Gasteiger partial charge in [0, 0.05) is 23.7 Å². The van der Waals surface area contributed by atoms with E-state index < -0.39 is 11.7 Å². The predicted molar refractivity (Wildman–Crippen MR) is 99.1 cm³/mol. The minimum Gasteiger partial charge on any atom is -0.508 e. The minimum atomic E-state index is -0.979. The molecule has 0 aliphatic carbocycles. The maximum absolute atomic E-state index is 13.0. The number of phenols is 1. The molecule has 0 bridgehead atoms. The maximum atomic E-state index is 13.0. The summed E-state index contributed by atoms with van der Waals surface area (Å²) in [6.45, 7) is 4.13. The van der Waals surface area contributed by atoms with E-state index in [-0.39, 0.29) is 29.2 Å². The van der Waals surface area contributed by atoms with Crippen LogP contribution >= 0.6 is 0 Å². The van der Waals surface area contributed by atoms with E-state index in [1.165, 1.54) is 24.3 Å². The lowest BCUT2D eigenvalue weighted by atomic mass is 9.94. The number of nitrogens with one attached hydrogen (secondary N) is 1. The van der Waals surface area contributed by atoms with Crippen molar-refractivity contribution in [3.05, 3.63) is 70.0 Å². The Balaban J connectivity index is 1.75. The molecule has 0 saturated heterocycles. The third-order valence-electron chi connectivity index (χ3n) is 4.29. The second kappa shape index (κ2) is 7.46. The summed E-state index contributed by atoms with van der Waals surface area (Å²) >= 11 is 0. The zero-order chi connectivity index (χ0) is 19.6. The van der Waals surface area contributed by atoms with E-state index in [9.17, 15) is 19.4 Å². The summed E-state index contributed by atoms with van der Waals surface area (Å²) < 4.78 is 18.1. The Bertz CT molecular complexity index is 999. The van der Waals surface area contributed by atoms with Gasteiger partial charge in [-0.25, -0.2) is 14.2 Å². The number of nitrogens with zero attached hydrogens (tertiary/aromatic N) is 1. The number of aromatic nitrogens is 1. The Labute approximate surface area is 155 Å². The van der Waals surface area contributed by atoms with E-state index in [2.05, 4.69) is 10.3 Å². The third kappa shape index (κ3) is 4.69. The fourth-order valence-electron chi connectivity index (χ4n) is 2.99. The second-order valence-corrected chi connectivity index (χ2v) is 7.14. The van der Waals surface area contributed by atoms with Crippen molar-refractivity contribution in [3.63, 3.8) is 0 Å². The second-order valence-electron chi connectivity index (χ2n) is 7.14. The van der Waals surface area contributed by atoms with E-state index in [1.807, 2.05) is 13.8 Å². The first-order valence-corrected chi connectivity index (χ1v) is 8.54. The molecule has 0 amide bonds.